The van der Waals surface area contributed by atoms with Crippen molar-refractivity contribution in [2.24, 2.45) is 0 Å². The van der Waals surface area contributed by atoms with Crippen LogP contribution in [0.1, 0.15) is 31.9 Å². The predicted octanol–water partition coefficient (Wildman–Crippen LogP) is 3.21. The lowest BCUT2D eigenvalue weighted by molar-refractivity contribution is 0.0258. The van der Waals surface area contributed by atoms with Crippen LogP contribution in [0.2, 0.25) is 0 Å². The van der Waals surface area contributed by atoms with Crippen molar-refractivity contribution >= 4 is 34.4 Å². The van der Waals surface area contributed by atoms with E-state index in [1.165, 1.54) is 11.1 Å². The molecule has 0 atom stereocenters. The zero-order valence-electron chi connectivity index (χ0n) is 12.2. The Kier molecular flexibility index (Phi) is 4.46. The maximum absolute atomic E-state index is 12.1. The van der Waals surface area contributed by atoms with Gasteiger partial charge in [0.15, 0.2) is 0 Å². The minimum atomic E-state index is -0.448. The van der Waals surface area contributed by atoms with Gasteiger partial charge < -0.3 is 15.4 Å². The molecule has 0 unspecified atom stereocenters. The second-order valence-electron chi connectivity index (χ2n) is 6.11. The van der Waals surface area contributed by atoms with Gasteiger partial charge in [-0.1, -0.05) is 0 Å². The molecule has 2 rings (SSSR count). The van der Waals surface area contributed by atoms with Gasteiger partial charge in [-0.2, -0.15) is 0 Å². The number of hydrogen-bond donors (Lipinski definition) is 1. The molecular formula is C15H21IN2O2. The van der Waals surface area contributed by atoms with Crippen molar-refractivity contribution < 1.29 is 9.53 Å². The van der Waals surface area contributed by atoms with Crippen molar-refractivity contribution in [3.05, 3.63) is 26.8 Å². The topological polar surface area (TPSA) is 55.6 Å². The molecule has 0 saturated heterocycles. The van der Waals surface area contributed by atoms with Crippen LogP contribution in [-0.2, 0) is 17.6 Å². The third kappa shape index (κ3) is 3.77. The quantitative estimate of drug-likeness (QED) is 0.549. The minimum Gasteiger partial charge on any atom is -0.444 e. The molecule has 0 saturated carbocycles. The van der Waals surface area contributed by atoms with Gasteiger partial charge in [0, 0.05) is 22.3 Å². The first-order chi connectivity index (χ1) is 9.26. The highest BCUT2D eigenvalue weighted by molar-refractivity contribution is 14.1. The number of fused-ring (bicyclic) bond motifs is 1. The van der Waals surface area contributed by atoms with Crippen molar-refractivity contribution in [3.63, 3.8) is 0 Å². The number of nitrogens with zero attached hydrogens (tertiary/aromatic N) is 1. The number of rotatable bonds is 0. The first-order valence-corrected chi connectivity index (χ1v) is 7.89. The number of benzene rings is 1. The lowest BCUT2D eigenvalue weighted by atomic mass is 10.0. The molecule has 1 aliphatic heterocycles. The highest BCUT2D eigenvalue weighted by atomic mass is 127. The van der Waals surface area contributed by atoms with Gasteiger partial charge in [-0.25, -0.2) is 4.79 Å². The Balaban J connectivity index is 2.10. The van der Waals surface area contributed by atoms with Crippen LogP contribution < -0.4 is 5.73 Å². The maximum Gasteiger partial charge on any atom is 0.410 e. The predicted molar refractivity (Wildman–Crippen MR) is 88.8 cm³/mol. The molecule has 0 aromatic heterocycles. The molecule has 0 fully saturated rings. The summed E-state index contributed by atoms with van der Waals surface area (Å²) in [5, 5.41) is 0. The molecule has 1 amide bonds. The molecule has 1 heterocycles. The summed E-state index contributed by atoms with van der Waals surface area (Å²) in [6, 6.07) is 4.17. The largest absolute Gasteiger partial charge is 0.444 e. The fourth-order valence-corrected chi connectivity index (χ4v) is 2.81. The van der Waals surface area contributed by atoms with Crippen LogP contribution in [0.15, 0.2) is 12.1 Å². The Morgan fingerprint density at radius 2 is 1.80 bits per heavy atom. The maximum atomic E-state index is 12.1. The van der Waals surface area contributed by atoms with E-state index in [4.69, 9.17) is 10.5 Å². The fraction of sp³-hybridized carbons (Fsp3) is 0.533. The zero-order valence-corrected chi connectivity index (χ0v) is 14.4. The van der Waals surface area contributed by atoms with E-state index in [2.05, 4.69) is 28.7 Å². The number of carbonyl (C=O) groups is 1. The number of anilines is 1. The number of halogens is 1. The van der Waals surface area contributed by atoms with Crippen molar-refractivity contribution in [3.8, 4) is 0 Å². The molecular weight excluding hydrogens is 367 g/mol. The normalized spacial score (nSPS) is 15.5. The van der Waals surface area contributed by atoms with E-state index >= 15 is 0 Å². The van der Waals surface area contributed by atoms with Gasteiger partial charge in [-0.15, -0.1) is 0 Å². The molecule has 0 bridgehead atoms. The Bertz CT molecular complexity index is 490. The molecule has 1 aromatic carbocycles. The SMILES string of the molecule is CC(C)(C)OC(=O)N1CCc2cc(N)c(I)cc2CC1. The van der Waals surface area contributed by atoms with Crippen molar-refractivity contribution in [2.75, 3.05) is 18.8 Å². The van der Waals surface area contributed by atoms with Crippen molar-refractivity contribution in [1.29, 1.82) is 0 Å². The summed E-state index contributed by atoms with van der Waals surface area (Å²) >= 11 is 2.25. The average Bonchev–Trinajstić information content (AvgIpc) is 2.50. The number of amides is 1. The van der Waals surface area contributed by atoms with E-state index in [9.17, 15) is 4.79 Å². The highest BCUT2D eigenvalue weighted by Gasteiger charge is 2.24. The van der Waals surface area contributed by atoms with Gasteiger partial charge in [-0.3, -0.25) is 0 Å². The average molecular weight is 388 g/mol. The smallest absolute Gasteiger partial charge is 0.410 e. The van der Waals surface area contributed by atoms with Crippen LogP contribution in [0.5, 0.6) is 0 Å². The molecule has 4 nitrogen and oxygen atoms in total. The summed E-state index contributed by atoms with van der Waals surface area (Å²) in [5.41, 5.74) is 8.86. The van der Waals surface area contributed by atoms with Crippen LogP contribution in [0.3, 0.4) is 0 Å². The Morgan fingerprint density at radius 3 is 2.35 bits per heavy atom. The number of nitrogen functional groups attached to an aromatic ring is 1. The summed E-state index contributed by atoms with van der Waals surface area (Å²) in [6.45, 7) is 7.05. The van der Waals surface area contributed by atoms with E-state index in [0.29, 0.717) is 13.1 Å². The number of ether oxygens (including phenoxy) is 1. The Labute approximate surface area is 133 Å². The van der Waals surface area contributed by atoms with Crippen LogP contribution in [0.4, 0.5) is 10.5 Å². The standard InChI is InChI=1S/C15H21IN2O2/c1-15(2,3)20-14(19)18-6-4-10-8-12(16)13(17)9-11(10)5-7-18/h8-9H,4-7,17H2,1-3H3. The van der Waals surface area contributed by atoms with E-state index in [-0.39, 0.29) is 6.09 Å². The van der Waals surface area contributed by atoms with Crippen LogP contribution in [0, 0.1) is 3.57 Å². The van der Waals surface area contributed by atoms with E-state index in [1.54, 1.807) is 4.90 Å². The van der Waals surface area contributed by atoms with Gasteiger partial charge in [0.1, 0.15) is 5.60 Å². The zero-order chi connectivity index (χ0) is 14.9. The monoisotopic (exact) mass is 388 g/mol. The molecule has 0 radical (unpaired) electrons. The summed E-state index contributed by atoms with van der Waals surface area (Å²) < 4.78 is 6.52. The van der Waals surface area contributed by atoms with Crippen LogP contribution in [0.25, 0.3) is 0 Å². The fourth-order valence-electron chi connectivity index (χ4n) is 2.28. The first kappa shape index (κ1) is 15.4. The van der Waals surface area contributed by atoms with Gasteiger partial charge in [0.2, 0.25) is 0 Å². The van der Waals surface area contributed by atoms with Crippen LogP contribution in [-0.4, -0.2) is 29.7 Å². The Hall–Kier alpha value is -0.980. The summed E-state index contributed by atoms with van der Waals surface area (Å²) in [4.78, 5) is 13.9. The molecule has 0 spiro atoms. The third-order valence-corrected chi connectivity index (χ3v) is 4.21. The van der Waals surface area contributed by atoms with E-state index in [0.717, 1.165) is 22.1 Å². The Morgan fingerprint density at radius 1 is 1.25 bits per heavy atom. The number of carbonyl (C=O) groups excluding carboxylic acids is 1. The third-order valence-electron chi connectivity index (χ3n) is 3.27. The molecule has 0 aliphatic carbocycles. The highest BCUT2D eigenvalue weighted by Crippen LogP contribution is 2.24. The number of hydrogen-bond acceptors (Lipinski definition) is 3. The van der Waals surface area contributed by atoms with Gasteiger partial charge in [0.05, 0.1) is 0 Å². The molecule has 5 heteroatoms. The number of nitrogens with two attached hydrogens (primary N) is 1. The van der Waals surface area contributed by atoms with Gasteiger partial charge in [-0.05, 0) is 79.5 Å². The van der Waals surface area contributed by atoms with Gasteiger partial charge >= 0.3 is 6.09 Å². The summed E-state index contributed by atoms with van der Waals surface area (Å²) in [6.07, 6.45) is 1.45. The van der Waals surface area contributed by atoms with Gasteiger partial charge in [0.25, 0.3) is 0 Å². The molecule has 2 N–H and O–H groups in total. The molecule has 110 valence electrons. The molecule has 1 aromatic rings. The van der Waals surface area contributed by atoms with Crippen LogP contribution >= 0.6 is 22.6 Å². The minimum absolute atomic E-state index is 0.229. The van der Waals surface area contributed by atoms with E-state index in [1.807, 2.05) is 26.8 Å². The van der Waals surface area contributed by atoms with Crippen molar-refractivity contribution in [1.82, 2.24) is 4.90 Å². The second kappa shape index (κ2) is 5.79. The first-order valence-electron chi connectivity index (χ1n) is 6.81. The summed E-state index contributed by atoms with van der Waals surface area (Å²) in [7, 11) is 0. The van der Waals surface area contributed by atoms with E-state index < -0.39 is 5.60 Å². The lowest BCUT2D eigenvalue weighted by Crippen LogP contribution is -2.38. The molecule has 20 heavy (non-hydrogen) atoms. The molecule has 1 aliphatic rings. The summed E-state index contributed by atoms with van der Waals surface area (Å²) in [5.74, 6) is 0. The lowest BCUT2D eigenvalue weighted by Gasteiger charge is -2.26. The second-order valence-corrected chi connectivity index (χ2v) is 7.27. The van der Waals surface area contributed by atoms with Crippen molar-refractivity contribution in [2.45, 2.75) is 39.2 Å².